The van der Waals surface area contributed by atoms with Crippen LogP contribution in [-0.4, -0.2) is 43.3 Å². The molecular weight excluding hydrogens is 270 g/mol. The molecule has 0 radical (unpaired) electrons. The Morgan fingerprint density at radius 1 is 1.47 bits per heavy atom. The molecule has 0 spiro atoms. The lowest BCUT2D eigenvalue weighted by atomic mass is 10.2. The van der Waals surface area contributed by atoms with E-state index >= 15 is 0 Å². The fraction of sp³-hybridized carbons (Fsp3) is 0.556. The van der Waals surface area contributed by atoms with E-state index in [0.29, 0.717) is 11.0 Å². The molecule has 100 valence electrons. The number of rotatable bonds is 4. The third-order valence-corrected chi connectivity index (χ3v) is 3.53. The highest BCUT2D eigenvalue weighted by molar-refractivity contribution is 7.15. The van der Waals surface area contributed by atoms with Gasteiger partial charge in [-0.15, -0.1) is 20.4 Å². The number of nitrogens with zero attached hydrogens (tertiary/aromatic N) is 5. The Morgan fingerprint density at radius 3 is 3.16 bits per heavy atom. The van der Waals surface area contributed by atoms with Crippen molar-refractivity contribution in [3.05, 3.63) is 10.8 Å². The van der Waals surface area contributed by atoms with Crippen LogP contribution in [0, 0.1) is 0 Å². The van der Waals surface area contributed by atoms with Crippen LogP contribution in [0.5, 0.6) is 0 Å². The molecule has 1 fully saturated rings. The van der Waals surface area contributed by atoms with Gasteiger partial charge < -0.3 is 10.1 Å². The van der Waals surface area contributed by atoms with Crippen molar-refractivity contribution in [1.82, 2.24) is 30.8 Å². The smallest absolute Gasteiger partial charge is 0.234 e. The van der Waals surface area contributed by atoms with E-state index in [0.717, 1.165) is 24.5 Å². The maximum Gasteiger partial charge on any atom is 0.234 e. The number of H-pyrrole nitrogens is 1. The Labute approximate surface area is 111 Å². The molecule has 9 nitrogen and oxygen atoms in total. The average Bonchev–Trinajstić information content (AvgIpc) is 3.09. The Bertz CT molecular complexity index is 549. The summed E-state index contributed by atoms with van der Waals surface area (Å²) in [5.41, 5.74) is 0. The molecule has 10 heteroatoms. The highest BCUT2D eigenvalue weighted by atomic mass is 32.1. The van der Waals surface area contributed by atoms with E-state index in [9.17, 15) is 4.79 Å². The van der Waals surface area contributed by atoms with Gasteiger partial charge >= 0.3 is 0 Å². The van der Waals surface area contributed by atoms with Gasteiger partial charge in [0, 0.05) is 6.61 Å². The van der Waals surface area contributed by atoms with Crippen molar-refractivity contribution in [2.75, 3.05) is 11.9 Å². The summed E-state index contributed by atoms with van der Waals surface area (Å²) in [7, 11) is 0. The lowest BCUT2D eigenvalue weighted by Gasteiger charge is -2.02. The molecule has 1 saturated heterocycles. The molecule has 1 aliphatic heterocycles. The molecule has 0 saturated carbocycles. The van der Waals surface area contributed by atoms with Gasteiger partial charge in [-0.2, -0.15) is 5.21 Å². The molecule has 0 aromatic carbocycles. The highest BCUT2D eigenvalue weighted by Gasteiger charge is 2.22. The van der Waals surface area contributed by atoms with Crippen molar-refractivity contribution >= 4 is 22.4 Å². The van der Waals surface area contributed by atoms with Gasteiger partial charge in [-0.25, -0.2) is 0 Å². The number of anilines is 1. The Hall–Kier alpha value is -1.94. The maximum atomic E-state index is 11.7. The second-order valence-corrected chi connectivity index (χ2v) is 5.01. The summed E-state index contributed by atoms with van der Waals surface area (Å²) in [6.45, 7) is 0.754. The van der Waals surface area contributed by atoms with Crippen LogP contribution in [0.2, 0.25) is 0 Å². The predicted octanol–water partition coefficient (Wildman–Crippen LogP) is 0.0839. The van der Waals surface area contributed by atoms with Crippen molar-refractivity contribution in [3.8, 4) is 0 Å². The van der Waals surface area contributed by atoms with Crippen molar-refractivity contribution in [2.24, 2.45) is 0 Å². The molecule has 1 aliphatic rings. The Kier molecular flexibility index (Phi) is 3.42. The van der Waals surface area contributed by atoms with Crippen LogP contribution in [0.15, 0.2) is 0 Å². The second-order valence-electron chi connectivity index (χ2n) is 4.00. The monoisotopic (exact) mass is 281 g/mol. The van der Waals surface area contributed by atoms with E-state index in [1.807, 2.05) is 0 Å². The van der Waals surface area contributed by atoms with Crippen molar-refractivity contribution in [2.45, 2.75) is 25.4 Å². The average molecular weight is 281 g/mol. The molecule has 1 unspecified atom stereocenters. The van der Waals surface area contributed by atoms with Gasteiger partial charge in [-0.05, 0) is 12.8 Å². The summed E-state index contributed by atoms with van der Waals surface area (Å²) in [5.74, 6) is 0.0813. The number of tetrazole rings is 1. The fourth-order valence-corrected chi connectivity index (χ4v) is 2.60. The van der Waals surface area contributed by atoms with Crippen molar-refractivity contribution in [3.63, 3.8) is 0 Å². The fourth-order valence-electron chi connectivity index (χ4n) is 1.75. The quantitative estimate of drug-likeness (QED) is 0.814. The predicted molar refractivity (Wildman–Crippen MR) is 64.3 cm³/mol. The van der Waals surface area contributed by atoms with Crippen LogP contribution >= 0.6 is 11.3 Å². The highest BCUT2D eigenvalue weighted by Crippen LogP contribution is 2.31. The van der Waals surface area contributed by atoms with Gasteiger partial charge in [0.1, 0.15) is 11.1 Å². The SMILES string of the molecule is O=C(Cc1nn[nH]n1)Nc1nnc(C2CCCO2)s1. The second kappa shape index (κ2) is 5.36. The topological polar surface area (TPSA) is 119 Å². The number of aromatic amines is 1. The lowest BCUT2D eigenvalue weighted by Crippen LogP contribution is -2.15. The van der Waals surface area contributed by atoms with Crippen LogP contribution in [0.1, 0.15) is 29.8 Å². The largest absolute Gasteiger partial charge is 0.371 e. The Morgan fingerprint density at radius 2 is 2.42 bits per heavy atom. The van der Waals surface area contributed by atoms with E-state index in [-0.39, 0.29) is 18.4 Å². The first-order valence-corrected chi connectivity index (χ1v) is 6.60. The molecule has 19 heavy (non-hydrogen) atoms. The van der Waals surface area contributed by atoms with Crippen molar-refractivity contribution < 1.29 is 9.53 Å². The molecule has 2 N–H and O–H groups in total. The summed E-state index contributed by atoms with van der Waals surface area (Å²) in [6.07, 6.45) is 2.04. The summed E-state index contributed by atoms with van der Waals surface area (Å²) >= 11 is 1.33. The molecule has 2 aromatic heterocycles. The van der Waals surface area contributed by atoms with Gasteiger partial charge in [-0.3, -0.25) is 4.79 Å². The van der Waals surface area contributed by atoms with Crippen molar-refractivity contribution in [1.29, 1.82) is 0 Å². The summed E-state index contributed by atoms with van der Waals surface area (Å²) in [4.78, 5) is 11.7. The minimum Gasteiger partial charge on any atom is -0.371 e. The molecular formula is C9H11N7O2S. The minimum absolute atomic E-state index is 0.0142. The Balaban J connectivity index is 1.59. The third kappa shape index (κ3) is 2.90. The van der Waals surface area contributed by atoms with Gasteiger partial charge in [0.2, 0.25) is 11.0 Å². The van der Waals surface area contributed by atoms with E-state index in [1.54, 1.807) is 0 Å². The van der Waals surface area contributed by atoms with E-state index in [4.69, 9.17) is 4.74 Å². The van der Waals surface area contributed by atoms with Crippen LogP contribution in [0.25, 0.3) is 0 Å². The molecule has 2 aromatic rings. The van der Waals surface area contributed by atoms with Crippen LogP contribution in [0.3, 0.4) is 0 Å². The summed E-state index contributed by atoms with van der Waals surface area (Å²) in [5, 5.41) is 24.9. The van der Waals surface area contributed by atoms with Crippen LogP contribution in [-0.2, 0) is 16.0 Å². The number of aromatic nitrogens is 6. The van der Waals surface area contributed by atoms with E-state index in [2.05, 4.69) is 36.1 Å². The molecule has 1 amide bonds. The lowest BCUT2D eigenvalue weighted by molar-refractivity contribution is -0.115. The zero-order chi connectivity index (χ0) is 13.1. The van der Waals surface area contributed by atoms with Gasteiger partial charge in [-0.1, -0.05) is 16.6 Å². The van der Waals surface area contributed by atoms with E-state index < -0.39 is 0 Å². The molecule has 1 atom stereocenters. The number of carbonyl (C=O) groups excluding carboxylic acids is 1. The number of amides is 1. The minimum atomic E-state index is -0.253. The maximum absolute atomic E-state index is 11.7. The number of hydrogen-bond donors (Lipinski definition) is 2. The van der Waals surface area contributed by atoms with Crippen LogP contribution in [0.4, 0.5) is 5.13 Å². The molecule has 3 heterocycles. The van der Waals surface area contributed by atoms with E-state index in [1.165, 1.54) is 11.3 Å². The molecule has 3 rings (SSSR count). The zero-order valence-corrected chi connectivity index (χ0v) is 10.7. The normalized spacial score (nSPS) is 18.6. The summed E-state index contributed by atoms with van der Waals surface area (Å²) < 4.78 is 5.51. The first-order valence-electron chi connectivity index (χ1n) is 5.78. The standard InChI is InChI=1S/C9H11N7O2S/c17-7(4-6-11-15-16-12-6)10-9-14-13-8(19-9)5-2-1-3-18-5/h5H,1-4H2,(H,10,14,17)(H,11,12,15,16). The van der Waals surface area contributed by atoms with Gasteiger partial charge in [0.25, 0.3) is 0 Å². The number of ether oxygens (including phenoxy) is 1. The number of hydrogen-bond acceptors (Lipinski definition) is 8. The van der Waals surface area contributed by atoms with Gasteiger partial charge in [0.05, 0.1) is 6.42 Å². The summed E-state index contributed by atoms with van der Waals surface area (Å²) in [6, 6.07) is 0. The van der Waals surface area contributed by atoms with Crippen LogP contribution < -0.4 is 5.32 Å². The molecule has 0 bridgehead atoms. The molecule has 0 aliphatic carbocycles. The first kappa shape index (κ1) is 12.1. The number of carbonyl (C=O) groups is 1. The number of nitrogens with one attached hydrogen (secondary N) is 2. The third-order valence-electron chi connectivity index (χ3n) is 2.60. The van der Waals surface area contributed by atoms with Gasteiger partial charge in [0.15, 0.2) is 5.82 Å². The first-order chi connectivity index (χ1) is 9.31. The zero-order valence-electron chi connectivity index (χ0n) is 9.87.